The highest BCUT2D eigenvalue weighted by molar-refractivity contribution is 7.09. The van der Waals surface area contributed by atoms with Gasteiger partial charge >= 0.3 is 5.97 Å². The Balaban J connectivity index is 2.11. The fourth-order valence-corrected chi connectivity index (χ4v) is 3.01. The highest BCUT2D eigenvalue weighted by Gasteiger charge is 2.17. The van der Waals surface area contributed by atoms with Crippen LogP contribution in [-0.4, -0.2) is 17.0 Å². The molecule has 0 aliphatic carbocycles. The number of aryl methyl sites for hydroxylation is 1. The van der Waals surface area contributed by atoms with Crippen molar-refractivity contribution in [2.24, 2.45) is 0 Å². The highest BCUT2D eigenvalue weighted by Crippen LogP contribution is 2.30. The number of carboxylic acid groups (broad SMARTS) is 1. The predicted molar refractivity (Wildman–Crippen MR) is 84.7 cm³/mol. The third kappa shape index (κ3) is 4.20. The average molecular weight is 344 g/mol. The monoisotopic (exact) mass is 343 g/mol. The number of carbonyl (C=O) groups excluding carboxylic acids is 1. The van der Waals surface area contributed by atoms with E-state index in [-0.39, 0.29) is 33.6 Å². The molecule has 0 atom stereocenters. The summed E-state index contributed by atoms with van der Waals surface area (Å²) in [5.41, 5.74) is -0.0540. The van der Waals surface area contributed by atoms with Gasteiger partial charge in [0, 0.05) is 16.3 Å². The molecule has 0 saturated carbocycles. The van der Waals surface area contributed by atoms with Gasteiger partial charge in [0.15, 0.2) is 0 Å². The zero-order chi connectivity index (χ0) is 15.4. The molecule has 0 unspecified atom stereocenters. The molecule has 110 valence electrons. The molecule has 4 nitrogen and oxygen atoms in total. The topological polar surface area (TPSA) is 66.4 Å². The Labute approximate surface area is 135 Å². The molecule has 0 radical (unpaired) electrons. The molecule has 0 aliphatic heterocycles. The van der Waals surface area contributed by atoms with Crippen LogP contribution in [-0.2, 0) is 11.2 Å². The Hall–Kier alpha value is -1.56. The second-order valence-electron chi connectivity index (χ2n) is 4.24. The summed E-state index contributed by atoms with van der Waals surface area (Å²) in [6.07, 6.45) is 0.843. The Morgan fingerprint density at radius 1 is 1.29 bits per heavy atom. The largest absolute Gasteiger partial charge is 0.478 e. The van der Waals surface area contributed by atoms with Crippen LogP contribution < -0.4 is 5.32 Å². The number of rotatable bonds is 5. The zero-order valence-electron chi connectivity index (χ0n) is 10.7. The number of aromatic carboxylic acids is 1. The molecule has 2 rings (SSSR count). The van der Waals surface area contributed by atoms with Crippen molar-refractivity contribution in [1.29, 1.82) is 0 Å². The lowest BCUT2D eigenvalue weighted by Gasteiger charge is -2.11. The summed E-state index contributed by atoms with van der Waals surface area (Å²) in [7, 11) is 0. The first-order chi connectivity index (χ1) is 9.97. The van der Waals surface area contributed by atoms with E-state index < -0.39 is 5.97 Å². The van der Waals surface area contributed by atoms with Crippen LogP contribution in [0.3, 0.4) is 0 Å². The summed E-state index contributed by atoms with van der Waals surface area (Å²) >= 11 is 13.3. The van der Waals surface area contributed by atoms with Crippen LogP contribution in [0.2, 0.25) is 10.0 Å². The second kappa shape index (κ2) is 6.93. The van der Waals surface area contributed by atoms with E-state index in [1.54, 1.807) is 11.3 Å². The van der Waals surface area contributed by atoms with Crippen molar-refractivity contribution in [3.63, 3.8) is 0 Å². The van der Waals surface area contributed by atoms with E-state index in [1.165, 1.54) is 12.1 Å². The summed E-state index contributed by atoms with van der Waals surface area (Å²) in [5, 5.41) is 13.9. The van der Waals surface area contributed by atoms with E-state index in [9.17, 15) is 9.59 Å². The maximum Gasteiger partial charge on any atom is 0.337 e. The van der Waals surface area contributed by atoms with E-state index in [2.05, 4.69) is 5.32 Å². The molecule has 1 heterocycles. The van der Waals surface area contributed by atoms with Crippen LogP contribution in [0.1, 0.15) is 21.7 Å². The van der Waals surface area contributed by atoms with E-state index in [0.29, 0.717) is 6.42 Å². The fraction of sp³-hybridized carbons (Fsp3) is 0.143. The van der Waals surface area contributed by atoms with Gasteiger partial charge in [0.2, 0.25) is 5.91 Å². The number of nitrogens with one attached hydrogen (secondary N) is 1. The molecule has 0 fully saturated rings. The van der Waals surface area contributed by atoms with Crippen molar-refractivity contribution >= 4 is 52.1 Å². The molecule has 2 N–H and O–H groups in total. The molecular formula is C14H11Cl2NO3S. The Morgan fingerprint density at radius 3 is 2.67 bits per heavy atom. The SMILES string of the molecule is O=C(CCc1cccs1)Nc1c(Cl)cc(Cl)cc1C(=O)O. The smallest absolute Gasteiger partial charge is 0.337 e. The van der Waals surface area contributed by atoms with Crippen LogP contribution in [0, 0.1) is 0 Å². The minimum atomic E-state index is -1.20. The molecule has 0 bridgehead atoms. The van der Waals surface area contributed by atoms with Crippen molar-refractivity contribution in [2.75, 3.05) is 5.32 Å². The lowest BCUT2D eigenvalue weighted by Crippen LogP contribution is -2.15. The summed E-state index contributed by atoms with van der Waals surface area (Å²) in [4.78, 5) is 24.2. The highest BCUT2D eigenvalue weighted by atomic mass is 35.5. The fourth-order valence-electron chi connectivity index (χ4n) is 1.76. The quantitative estimate of drug-likeness (QED) is 0.849. The Bertz CT molecular complexity index is 671. The minimum absolute atomic E-state index is 0.0738. The van der Waals surface area contributed by atoms with Crippen LogP contribution >= 0.6 is 34.5 Å². The van der Waals surface area contributed by atoms with Gasteiger partial charge in [-0.25, -0.2) is 4.79 Å². The number of anilines is 1. The third-order valence-corrected chi connectivity index (χ3v) is 4.18. The Morgan fingerprint density at radius 2 is 2.05 bits per heavy atom. The first-order valence-corrected chi connectivity index (χ1v) is 7.65. The van der Waals surface area contributed by atoms with Crippen molar-refractivity contribution in [1.82, 2.24) is 0 Å². The molecule has 7 heteroatoms. The first-order valence-electron chi connectivity index (χ1n) is 6.02. The number of hydrogen-bond donors (Lipinski definition) is 2. The average Bonchev–Trinajstić information content (AvgIpc) is 2.92. The maximum absolute atomic E-state index is 11.9. The van der Waals surface area contributed by atoms with E-state index in [0.717, 1.165) is 4.88 Å². The maximum atomic E-state index is 11.9. The molecule has 2 aromatic rings. The number of hydrogen-bond acceptors (Lipinski definition) is 3. The summed E-state index contributed by atoms with van der Waals surface area (Å²) in [6.45, 7) is 0. The van der Waals surface area contributed by atoms with Gasteiger partial charge in [-0.2, -0.15) is 0 Å². The second-order valence-corrected chi connectivity index (χ2v) is 6.12. The van der Waals surface area contributed by atoms with Gasteiger partial charge in [0.25, 0.3) is 0 Å². The van der Waals surface area contributed by atoms with Gasteiger partial charge in [-0.15, -0.1) is 11.3 Å². The number of amides is 1. The molecule has 1 aromatic heterocycles. The van der Waals surface area contributed by atoms with Crippen LogP contribution in [0.4, 0.5) is 5.69 Å². The lowest BCUT2D eigenvalue weighted by molar-refractivity contribution is -0.116. The molecule has 0 aliphatic rings. The van der Waals surface area contributed by atoms with E-state index in [4.69, 9.17) is 28.3 Å². The van der Waals surface area contributed by atoms with Crippen molar-refractivity contribution < 1.29 is 14.7 Å². The van der Waals surface area contributed by atoms with Gasteiger partial charge in [0.1, 0.15) is 0 Å². The molecular weight excluding hydrogens is 333 g/mol. The molecule has 0 spiro atoms. The molecule has 1 aromatic carbocycles. The van der Waals surface area contributed by atoms with Crippen LogP contribution in [0.25, 0.3) is 0 Å². The Kier molecular flexibility index (Phi) is 5.22. The van der Waals surface area contributed by atoms with Gasteiger partial charge in [0.05, 0.1) is 16.3 Å². The number of thiophene rings is 1. The summed E-state index contributed by atoms with van der Waals surface area (Å²) < 4.78 is 0. The third-order valence-electron chi connectivity index (χ3n) is 2.73. The van der Waals surface area contributed by atoms with E-state index in [1.807, 2.05) is 17.5 Å². The van der Waals surface area contributed by atoms with Crippen molar-refractivity contribution in [3.8, 4) is 0 Å². The van der Waals surface area contributed by atoms with Gasteiger partial charge < -0.3 is 10.4 Å². The number of benzene rings is 1. The van der Waals surface area contributed by atoms with Crippen molar-refractivity contribution in [2.45, 2.75) is 12.8 Å². The lowest BCUT2D eigenvalue weighted by atomic mass is 10.1. The summed E-state index contributed by atoms with van der Waals surface area (Å²) in [6, 6.07) is 6.50. The number of halogens is 2. The van der Waals surface area contributed by atoms with Gasteiger partial charge in [-0.05, 0) is 30.0 Å². The first kappa shape index (κ1) is 15.8. The standard InChI is InChI=1S/C14H11Cl2NO3S/c15-8-6-10(14(19)20)13(11(16)7-8)17-12(18)4-3-9-2-1-5-21-9/h1-2,5-7H,3-4H2,(H,17,18)(H,19,20). The van der Waals surface area contributed by atoms with Gasteiger partial charge in [-0.3, -0.25) is 4.79 Å². The van der Waals surface area contributed by atoms with Crippen molar-refractivity contribution in [3.05, 3.63) is 50.1 Å². The number of carbonyl (C=O) groups is 2. The van der Waals surface area contributed by atoms with Gasteiger partial charge in [-0.1, -0.05) is 29.3 Å². The summed E-state index contributed by atoms with van der Waals surface area (Å²) in [5.74, 6) is -1.50. The predicted octanol–water partition coefficient (Wildman–Crippen LogP) is 4.32. The zero-order valence-corrected chi connectivity index (χ0v) is 13.1. The molecule has 21 heavy (non-hydrogen) atoms. The molecule has 0 saturated heterocycles. The van der Waals surface area contributed by atoms with Crippen LogP contribution in [0.5, 0.6) is 0 Å². The normalized spacial score (nSPS) is 10.4. The van der Waals surface area contributed by atoms with Crippen LogP contribution in [0.15, 0.2) is 29.6 Å². The minimum Gasteiger partial charge on any atom is -0.478 e. The van der Waals surface area contributed by atoms with E-state index >= 15 is 0 Å². The number of carboxylic acids is 1. The molecule has 1 amide bonds.